The SMILES string of the molecule is Fc1ccc(Br)c(F)c1CNCc1ccon1. The molecule has 3 nitrogen and oxygen atoms in total. The molecule has 1 aromatic heterocycles. The maximum absolute atomic E-state index is 13.6. The third-order valence-corrected chi connectivity index (χ3v) is 2.85. The first-order valence-corrected chi connectivity index (χ1v) is 5.70. The number of hydrogen-bond donors (Lipinski definition) is 1. The molecule has 2 aromatic rings. The van der Waals surface area contributed by atoms with Crippen molar-refractivity contribution in [3.8, 4) is 0 Å². The molecule has 0 aliphatic rings. The summed E-state index contributed by atoms with van der Waals surface area (Å²) < 4.78 is 31.8. The number of halogens is 3. The van der Waals surface area contributed by atoms with Crippen molar-refractivity contribution in [1.29, 1.82) is 0 Å². The van der Waals surface area contributed by atoms with Gasteiger partial charge in [0, 0.05) is 24.7 Å². The second kappa shape index (κ2) is 5.37. The molecule has 0 atom stereocenters. The van der Waals surface area contributed by atoms with Crippen LogP contribution in [0.5, 0.6) is 0 Å². The number of rotatable bonds is 4. The molecule has 0 saturated carbocycles. The van der Waals surface area contributed by atoms with E-state index in [-0.39, 0.29) is 16.6 Å². The van der Waals surface area contributed by atoms with E-state index in [9.17, 15) is 8.78 Å². The minimum Gasteiger partial charge on any atom is -0.364 e. The summed E-state index contributed by atoms with van der Waals surface area (Å²) in [6.45, 7) is 0.478. The van der Waals surface area contributed by atoms with Gasteiger partial charge in [-0.2, -0.15) is 0 Å². The molecule has 1 aromatic carbocycles. The van der Waals surface area contributed by atoms with Gasteiger partial charge in [-0.15, -0.1) is 0 Å². The van der Waals surface area contributed by atoms with Crippen molar-refractivity contribution in [2.75, 3.05) is 0 Å². The van der Waals surface area contributed by atoms with Crippen LogP contribution in [0.1, 0.15) is 11.3 Å². The molecule has 0 aliphatic carbocycles. The van der Waals surface area contributed by atoms with Crippen LogP contribution in [-0.4, -0.2) is 5.16 Å². The average Bonchev–Trinajstić information content (AvgIpc) is 2.81. The largest absolute Gasteiger partial charge is 0.364 e. The molecule has 90 valence electrons. The Morgan fingerprint density at radius 1 is 1.24 bits per heavy atom. The van der Waals surface area contributed by atoms with Gasteiger partial charge in [0.25, 0.3) is 0 Å². The summed E-state index contributed by atoms with van der Waals surface area (Å²) in [6.07, 6.45) is 1.44. The molecule has 0 bridgehead atoms. The summed E-state index contributed by atoms with van der Waals surface area (Å²) >= 11 is 3.01. The molecule has 2 rings (SSSR count). The molecule has 0 unspecified atom stereocenters. The molecule has 17 heavy (non-hydrogen) atoms. The highest BCUT2D eigenvalue weighted by Gasteiger charge is 2.11. The molecular formula is C11H9BrF2N2O. The third-order valence-electron chi connectivity index (χ3n) is 2.24. The molecule has 1 N–H and O–H groups in total. The number of aromatic nitrogens is 1. The van der Waals surface area contributed by atoms with Gasteiger partial charge in [-0.25, -0.2) is 8.78 Å². The van der Waals surface area contributed by atoms with Gasteiger partial charge in [-0.1, -0.05) is 5.16 Å². The van der Waals surface area contributed by atoms with E-state index in [2.05, 4.69) is 30.9 Å². The Balaban J connectivity index is 2.01. The van der Waals surface area contributed by atoms with E-state index in [4.69, 9.17) is 0 Å². The summed E-state index contributed by atoms with van der Waals surface area (Å²) in [5, 5.41) is 6.57. The zero-order valence-corrected chi connectivity index (χ0v) is 10.3. The van der Waals surface area contributed by atoms with E-state index in [1.165, 1.54) is 18.4 Å². The number of hydrogen-bond acceptors (Lipinski definition) is 3. The lowest BCUT2D eigenvalue weighted by Crippen LogP contribution is -2.15. The Labute approximate surface area is 105 Å². The highest BCUT2D eigenvalue weighted by atomic mass is 79.9. The van der Waals surface area contributed by atoms with Crippen LogP contribution < -0.4 is 5.32 Å². The first-order valence-electron chi connectivity index (χ1n) is 4.91. The van der Waals surface area contributed by atoms with Crippen molar-refractivity contribution in [3.63, 3.8) is 0 Å². The summed E-state index contributed by atoms with van der Waals surface area (Å²) in [7, 11) is 0. The fraction of sp³-hybridized carbons (Fsp3) is 0.182. The standard InChI is InChI=1S/C11H9BrF2N2O/c12-9-1-2-10(13)8(11(9)14)6-15-5-7-3-4-17-16-7/h1-4,15H,5-6H2. The highest BCUT2D eigenvalue weighted by molar-refractivity contribution is 9.10. The van der Waals surface area contributed by atoms with Gasteiger partial charge in [0.05, 0.1) is 10.2 Å². The maximum Gasteiger partial charge on any atom is 0.144 e. The lowest BCUT2D eigenvalue weighted by molar-refractivity contribution is 0.408. The van der Waals surface area contributed by atoms with E-state index < -0.39 is 11.6 Å². The van der Waals surface area contributed by atoms with E-state index in [1.807, 2.05) is 0 Å². The molecule has 6 heteroatoms. The normalized spacial score (nSPS) is 10.8. The topological polar surface area (TPSA) is 38.1 Å². The van der Waals surface area contributed by atoms with Gasteiger partial charge in [0.2, 0.25) is 0 Å². The van der Waals surface area contributed by atoms with Crippen LogP contribution in [-0.2, 0) is 13.1 Å². The smallest absolute Gasteiger partial charge is 0.144 e. The van der Waals surface area contributed by atoms with Gasteiger partial charge in [-0.05, 0) is 28.1 Å². The predicted octanol–water partition coefficient (Wildman–Crippen LogP) is 3.01. The van der Waals surface area contributed by atoms with Crippen molar-refractivity contribution in [3.05, 3.63) is 51.8 Å². The van der Waals surface area contributed by atoms with Crippen molar-refractivity contribution in [2.24, 2.45) is 0 Å². The molecule has 0 aliphatic heterocycles. The Kier molecular flexibility index (Phi) is 3.86. The number of nitrogens with one attached hydrogen (secondary N) is 1. The van der Waals surface area contributed by atoms with Gasteiger partial charge in [0.15, 0.2) is 0 Å². The second-order valence-corrected chi connectivity index (χ2v) is 4.27. The van der Waals surface area contributed by atoms with E-state index in [0.717, 1.165) is 0 Å². The van der Waals surface area contributed by atoms with E-state index in [1.54, 1.807) is 6.07 Å². The van der Waals surface area contributed by atoms with Crippen LogP contribution in [0, 0.1) is 11.6 Å². The van der Waals surface area contributed by atoms with Crippen LogP contribution in [0.3, 0.4) is 0 Å². The van der Waals surface area contributed by atoms with Crippen molar-refractivity contribution in [2.45, 2.75) is 13.1 Å². The van der Waals surface area contributed by atoms with E-state index in [0.29, 0.717) is 12.2 Å². The Bertz CT molecular complexity index is 502. The molecule has 0 fully saturated rings. The summed E-state index contributed by atoms with van der Waals surface area (Å²) in [5.41, 5.74) is 0.684. The van der Waals surface area contributed by atoms with Gasteiger partial charge in [-0.3, -0.25) is 0 Å². The number of nitrogens with zero attached hydrogens (tertiary/aromatic N) is 1. The van der Waals surface area contributed by atoms with Crippen molar-refractivity contribution in [1.82, 2.24) is 10.5 Å². The minimum absolute atomic E-state index is 0.00266. The second-order valence-electron chi connectivity index (χ2n) is 3.42. The summed E-state index contributed by atoms with van der Waals surface area (Å²) in [4.78, 5) is 0. The summed E-state index contributed by atoms with van der Waals surface area (Å²) in [6, 6.07) is 4.24. The lowest BCUT2D eigenvalue weighted by atomic mass is 10.2. The van der Waals surface area contributed by atoms with Crippen molar-refractivity contribution < 1.29 is 13.3 Å². The average molecular weight is 303 g/mol. The third kappa shape index (κ3) is 2.89. The van der Waals surface area contributed by atoms with E-state index >= 15 is 0 Å². The molecule has 0 radical (unpaired) electrons. The monoisotopic (exact) mass is 302 g/mol. The molecule has 0 spiro atoms. The minimum atomic E-state index is -0.586. The van der Waals surface area contributed by atoms with Crippen LogP contribution in [0.25, 0.3) is 0 Å². The molecule has 0 amide bonds. The fourth-order valence-electron chi connectivity index (χ4n) is 1.38. The zero-order chi connectivity index (χ0) is 12.3. The highest BCUT2D eigenvalue weighted by Crippen LogP contribution is 2.21. The predicted molar refractivity (Wildman–Crippen MR) is 61.1 cm³/mol. The van der Waals surface area contributed by atoms with Crippen LogP contribution >= 0.6 is 15.9 Å². The van der Waals surface area contributed by atoms with Crippen LogP contribution in [0.15, 0.2) is 33.5 Å². The zero-order valence-electron chi connectivity index (χ0n) is 8.71. The first kappa shape index (κ1) is 12.2. The van der Waals surface area contributed by atoms with Crippen molar-refractivity contribution >= 4 is 15.9 Å². The number of benzene rings is 1. The molecular weight excluding hydrogens is 294 g/mol. The fourth-order valence-corrected chi connectivity index (χ4v) is 1.75. The van der Waals surface area contributed by atoms with Crippen LogP contribution in [0.4, 0.5) is 8.78 Å². The Hall–Kier alpha value is -1.27. The Morgan fingerprint density at radius 2 is 2.06 bits per heavy atom. The summed E-state index contributed by atoms with van der Waals surface area (Å²) in [5.74, 6) is -1.16. The maximum atomic E-state index is 13.6. The Morgan fingerprint density at radius 3 is 2.76 bits per heavy atom. The van der Waals surface area contributed by atoms with Gasteiger partial charge < -0.3 is 9.84 Å². The lowest BCUT2D eigenvalue weighted by Gasteiger charge is -2.07. The van der Waals surface area contributed by atoms with Gasteiger partial charge in [0.1, 0.15) is 17.9 Å². The molecule has 0 saturated heterocycles. The van der Waals surface area contributed by atoms with Gasteiger partial charge >= 0.3 is 0 Å². The van der Waals surface area contributed by atoms with Crippen LogP contribution in [0.2, 0.25) is 0 Å². The first-order chi connectivity index (χ1) is 8.18. The quantitative estimate of drug-likeness (QED) is 0.882. The molecule has 1 heterocycles.